The third-order valence-electron chi connectivity index (χ3n) is 2.61. The smallest absolute Gasteiger partial charge is 0.253 e. The van der Waals surface area contributed by atoms with Gasteiger partial charge in [-0.05, 0) is 19.1 Å². The van der Waals surface area contributed by atoms with E-state index in [1.165, 1.54) is 13.0 Å². The summed E-state index contributed by atoms with van der Waals surface area (Å²) in [6, 6.07) is 2.26. The lowest BCUT2D eigenvalue weighted by atomic mass is 10.1. The first-order valence-corrected chi connectivity index (χ1v) is 6.20. The van der Waals surface area contributed by atoms with Crippen molar-refractivity contribution in [2.45, 2.75) is 19.4 Å². The number of carbonyl (C=O) groups is 2. The highest BCUT2D eigenvalue weighted by Crippen LogP contribution is 2.20. The van der Waals surface area contributed by atoms with Crippen LogP contribution in [0.3, 0.4) is 0 Å². The largest absolute Gasteiger partial charge is 0.486 e. The van der Waals surface area contributed by atoms with Crippen molar-refractivity contribution in [2.75, 3.05) is 13.2 Å². The van der Waals surface area contributed by atoms with E-state index in [0.29, 0.717) is 0 Å². The molecular formula is C13H17F2N3O3. The van der Waals surface area contributed by atoms with Crippen LogP contribution in [0, 0.1) is 11.6 Å². The summed E-state index contributed by atoms with van der Waals surface area (Å²) in [4.78, 5) is 22.5. The molecule has 0 bridgehead atoms. The lowest BCUT2D eigenvalue weighted by Crippen LogP contribution is -2.49. The van der Waals surface area contributed by atoms with E-state index in [0.717, 1.165) is 17.1 Å². The molecule has 0 saturated heterocycles. The average molecular weight is 301 g/mol. The summed E-state index contributed by atoms with van der Waals surface area (Å²) >= 11 is 0. The molecule has 0 unspecified atom stereocenters. The number of rotatable bonds is 7. The maximum atomic E-state index is 13.3. The summed E-state index contributed by atoms with van der Waals surface area (Å²) in [5.74, 6) is 2.33. The molecule has 0 aromatic heterocycles. The average Bonchev–Trinajstić information content (AvgIpc) is 2.40. The number of ketones is 1. The predicted molar refractivity (Wildman–Crippen MR) is 71.0 cm³/mol. The minimum Gasteiger partial charge on any atom is -0.486 e. The van der Waals surface area contributed by atoms with Crippen LogP contribution < -0.4 is 16.3 Å². The first kappa shape index (κ1) is 17.0. The van der Waals surface area contributed by atoms with Gasteiger partial charge in [-0.2, -0.15) is 0 Å². The first-order chi connectivity index (χ1) is 9.82. The number of ether oxygens (including phenoxy) is 1. The lowest BCUT2D eigenvalue weighted by molar-refractivity contribution is -0.135. The second-order valence-corrected chi connectivity index (χ2v) is 4.44. The van der Waals surface area contributed by atoms with Gasteiger partial charge in [-0.25, -0.2) is 14.6 Å². The van der Waals surface area contributed by atoms with Crippen molar-refractivity contribution in [2.24, 2.45) is 11.6 Å². The number of nitrogens with two attached hydrogens (primary N) is 2. The van der Waals surface area contributed by atoms with Gasteiger partial charge in [-0.3, -0.25) is 14.6 Å². The van der Waals surface area contributed by atoms with Crippen molar-refractivity contribution in [3.8, 4) is 5.75 Å². The van der Waals surface area contributed by atoms with Crippen LogP contribution in [0.1, 0.15) is 13.3 Å². The molecule has 0 spiro atoms. The zero-order valence-electron chi connectivity index (χ0n) is 11.5. The van der Waals surface area contributed by atoms with Crippen LogP contribution in [-0.2, 0) is 9.59 Å². The minimum absolute atomic E-state index is 0.127. The summed E-state index contributed by atoms with van der Waals surface area (Å²) in [5.41, 5.74) is 5.50. The molecule has 21 heavy (non-hydrogen) atoms. The van der Waals surface area contributed by atoms with Gasteiger partial charge in [0.1, 0.15) is 12.4 Å². The SMILES string of the molecule is CC(=O)C[C@@H](N)C(=O)N(N)CCOc1c(F)cccc1F. The maximum absolute atomic E-state index is 13.3. The van der Waals surface area contributed by atoms with E-state index >= 15 is 0 Å². The quantitative estimate of drug-likeness (QED) is 0.430. The Hall–Kier alpha value is -2.06. The van der Waals surface area contributed by atoms with E-state index in [1.807, 2.05) is 0 Å². The number of hydrogen-bond acceptors (Lipinski definition) is 5. The number of nitrogens with zero attached hydrogens (tertiary/aromatic N) is 1. The van der Waals surface area contributed by atoms with Gasteiger partial charge in [0, 0.05) is 6.42 Å². The highest BCUT2D eigenvalue weighted by atomic mass is 19.1. The Balaban J connectivity index is 2.48. The summed E-state index contributed by atoms with van der Waals surface area (Å²) in [7, 11) is 0. The maximum Gasteiger partial charge on any atom is 0.253 e. The van der Waals surface area contributed by atoms with Crippen LogP contribution in [0.15, 0.2) is 18.2 Å². The Morgan fingerprint density at radius 1 is 1.33 bits per heavy atom. The van der Waals surface area contributed by atoms with E-state index < -0.39 is 29.3 Å². The van der Waals surface area contributed by atoms with E-state index in [1.54, 1.807) is 0 Å². The molecule has 0 heterocycles. The molecule has 1 atom stereocenters. The Bertz CT molecular complexity index is 505. The molecule has 0 aliphatic heterocycles. The van der Waals surface area contributed by atoms with Crippen LogP contribution in [0.25, 0.3) is 0 Å². The number of Topliss-reactive ketones (excluding diaryl/α,β-unsaturated/α-hetero) is 1. The van der Waals surface area contributed by atoms with Crippen molar-refractivity contribution < 1.29 is 23.1 Å². The van der Waals surface area contributed by atoms with Crippen LogP contribution in [-0.4, -0.2) is 35.9 Å². The summed E-state index contributed by atoms with van der Waals surface area (Å²) < 4.78 is 31.5. The lowest BCUT2D eigenvalue weighted by Gasteiger charge is -2.20. The molecule has 0 saturated carbocycles. The summed E-state index contributed by atoms with van der Waals surface area (Å²) in [6.07, 6.45) is -0.130. The van der Waals surface area contributed by atoms with Crippen LogP contribution in [0.5, 0.6) is 5.75 Å². The molecular weight excluding hydrogens is 284 g/mol. The van der Waals surface area contributed by atoms with Gasteiger partial charge in [0.2, 0.25) is 0 Å². The Morgan fingerprint density at radius 3 is 2.43 bits per heavy atom. The second-order valence-electron chi connectivity index (χ2n) is 4.44. The van der Waals surface area contributed by atoms with E-state index in [2.05, 4.69) is 0 Å². The standard InChI is InChI=1S/C13H17F2N3O3/c1-8(19)7-11(16)13(20)18(17)5-6-21-12-9(14)3-2-4-10(12)15/h2-4,11H,5-7,16-17H2,1H3/t11-/m1/s1. The number of hydrogen-bond donors (Lipinski definition) is 2. The van der Waals surface area contributed by atoms with Gasteiger partial charge < -0.3 is 10.5 Å². The highest BCUT2D eigenvalue weighted by molar-refractivity contribution is 5.87. The molecule has 0 aliphatic rings. The number of para-hydroxylation sites is 1. The molecule has 8 heteroatoms. The van der Waals surface area contributed by atoms with Crippen molar-refractivity contribution in [3.05, 3.63) is 29.8 Å². The Morgan fingerprint density at radius 2 is 1.90 bits per heavy atom. The fourth-order valence-corrected chi connectivity index (χ4v) is 1.59. The molecule has 6 nitrogen and oxygen atoms in total. The van der Waals surface area contributed by atoms with Gasteiger partial charge in [0.05, 0.1) is 12.6 Å². The first-order valence-electron chi connectivity index (χ1n) is 6.20. The van der Waals surface area contributed by atoms with Gasteiger partial charge in [-0.1, -0.05) is 6.07 Å². The number of carbonyl (C=O) groups excluding carboxylic acids is 2. The molecule has 0 aliphatic carbocycles. The second kappa shape index (κ2) is 7.65. The summed E-state index contributed by atoms with van der Waals surface area (Å²) in [6.45, 7) is 0.961. The van der Waals surface area contributed by atoms with Crippen molar-refractivity contribution in [1.29, 1.82) is 0 Å². The van der Waals surface area contributed by atoms with Crippen molar-refractivity contribution in [1.82, 2.24) is 5.01 Å². The number of hydrazine groups is 1. The zero-order valence-corrected chi connectivity index (χ0v) is 11.5. The van der Waals surface area contributed by atoms with E-state index in [9.17, 15) is 18.4 Å². The topological polar surface area (TPSA) is 98.7 Å². The van der Waals surface area contributed by atoms with Gasteiger partial charge >= 0.3 is 0 Å². The highest BCUT2D eigenvalue weighted by Gasteiger charge is 2.20. The minimum atomic E-state index is -1.04. The number of benzene rings is 1. The number of amides is 1. The molecule has 1 rings (SSSR count). The van der Waals surface area contributed by atoms with Crippen LogP contribution >= 0.6 is 0 Å². The predicted octanol–water partition coefficient (Wildman–Crippen LogP) is 0.352. The monoisotopic (exact) mass is 301 g/mol. The fourth-order valence-electron chi connectivity index (χ4n) is 1.59. The molecule has 1 aromatic rings. The molecule has 4 N–H and O–H groups in total. The Kier molecular flexibility index (Phi) is 6.19. The molecule has 1 aromatic carbocycles. The molecule has 0 fully saturated rings. The zero-order chi connectivity index (χ0) is 16.0. The molecule has 0 radical (unpaired) electrons. The van der Waals surface area contributed by atoms with E-state index in [-0.39, 0.29) is 25.4 Å². The van der Waals surface area contributed by atoms with Gasteiger partial charge in [0.25, 0.3) is 5.91 Å². The molecule has 116 valence electrons. The normalized spacial score (nSPS) is 11.9. The van der Waals surface area contributed by atoms with Gasteiger partial charge in [0.15, 0.2) is 17.4 Å². The third-order valence-corrected chi connectivity index (χ3v) is 2.61. The molecule has 1 amide bonds. The summed E-state index contributed by atoms with van der Waals surface area (Å²) in [5, 5.41) is 0.756. The van der Waals surface area contributed by atoms with Crippen molar-refractivity contribution >= 4 is 11.7 Å². The number of halogens is 2. The third kappa shape index (κ3) is 5.09. The Labute approximate surface area is 120 Å². The van der Waals surface area contributed by atoms with Crippen LogP contribution in [0.2, 0.25) is 0 Å². The fraction of sp³-hybridized carbons (Fsp3) is 0.385. The van der Waals surface area contributed by atoms with Crippen LogP contribution in [0.4, 0.5) is 8.78 Å². The van der Waals surface area contributed by atoms with E-state index in [4.69, 9.17) is 16.3 Å². The van der Waals surface area contributed by atoms with Crippen molar-refractivity contribution in [3.63, 3.8) is 0 Å². The van der Waals surface area contributed by atoms with Gasteiger partial charge in [-0.15, -0.1) is 0 Å².